The largest absolute Gasteiger partial charge is 0.316 e. The molecule has 0 N–H and O–H groups in total. The first-order valence-corrected chi connectivity index (χ1v) is 12.3. The van der Waals surface area contributed by atoms with Crippen molar-refractivity contribution in [2.75, 3.05) is 0 Å². The van der Waals surface area contributed by atoms with Crippen LogP contribution in [0, 0.1) is 0 Å². The van der Waals surface area contributed by atoms with Gasteiger partial charge in [0.15, 0.2) is 0 Å². The van der Waals surface area contributed by atoms with Crippen molar-refractivity contribution in [3.05, 3.63) is 132 Å². The monoisotopic (exact) mass is 460 g/mol. The fourth-order valence-electron chi connectivity index (χ4n) is 5.27. The van der Waals surface area contributed by atoms with E-state index in [4.69, 9.17) is 0 Å². The smallest absolute Gasteiger partial charge is 0.0534 e. The van der Waals surface area contributed by atoms with Gasteiger partial charge in [0.2, 0.25) is 0 Å². The van der Waals surface area contributed by atoms with Gasteiger partial charge in [0, 0.05) is 33.9 Å². The SMILES string of the molecule is C(=C\n1c2ccccc2c2ccccc21)/c1ccc(/C=C/n2c3ccccc3c3ccccc32)cc1. The second kappa shape index (κ2) is 8.44. The number of nitrogens with zero attached hydrogens (tertiary/aromatic N) is 2. The molecule has 0 aliphatic carbocycles. The lowest BCUT2D eigenvalue weighted by atomic mass is 10.1. The van der Waals surface area contributed by atoms with Crippen molar-refractivity contribution in [3.8, 4) is 0 Å². The van der Waals surface area contributed by atoms with Crippen LogP contribution in [0.4, 0.5) is 0 Å². The third-order valence-corrected chi connectivity index (χ3v) is 7.00. The minimum Gasteiger partial charge on any atom is -0.316 e. The van der Waals surface area contributed by atoms with Crippen molar-refractivity contribution < 1.29 is 0 Å². The Kier molecular flexibility index (Phi) is 4.82. The van der Waals surface area contributed by atoms with E-state index in [-0.39, 0.29) is 0 Å². The average molecular weight is 461 g/mol. The maximum atomic E-state index is 2.28. The standard InChI is InChI=1S/C34H24N2/c1-5-13-31-27(9-1)28-10-2-6-14-32(28)35(31)23-21-25-17-19-26(20-18-25)22-24-36-33-15-7-3-11-29(33)30-12-4-8-16-34(30)36/h1-24H/b23-21+,24-22+. The van der Waals surface area contributed by atoms with E-state index in [1.54, 1.807) is 0 Å². The van der Waals surface area contributed by atoms with E-state index in [0.29, 0.717) is 0 Å². The van der Waals surface area contributed by atoms with Gasteiger partial charge in [0.1, 0.15) is 0 Å². The third-order valence-electron chi connectivity index (χ3n) is 7.00. The molecule has 170 valence electrons. The van der Waals surface area contributed by atoms with Crippen LogP contribution in [-0.4, -0.2) is 9.13 Å². The molecular weight excluding hydrogens is 436 g/mol. The molecule has 36 heavy (non-hydrogen) atoms. The van der Waals surface area contributed by atoms with Crippen molar-refractivity contribution in [2.24, 2.45) is 0 Å². The summed E-state index contributed by atoms with van der Waals surface area (Å²) in [5, 5.41) is 5.12. The number of aromatic nitrogens is 2. The van der Waals surface area contributed by atoms with Gasteiger partial charge in [-0.2, -0.15) is 0 Å². The topological polar surface area (TPSA) is 9.86 Å². The summed E-state index contributed by atoms with van der Waals surface area (Å²) in [6.07, 6.45) is 8.71. The highest BCUT2D eigenvalue weighted by Gasteiger charge is 2.08. The molecule has 2 heteroatoms. The summed E-state index contributed by atoms with van der Waals surface area (Å²) in [6, 6.07) is 43.0. The van der Waals surface area contributed by atoms with Gasteiger partial charge in [-0.1, -0.05) is 97.1 Å². The number of fused-ring (bicyclic) bond motifs is 6. The third kappa shape index (κ3) is 3.35. The number of hydrogen-bond acceptors (Lipinski definition) is 0. The summed E-state index contributed by atoms with van der Waals surface area (Å²) in [5.41, 5.74) is 7.24. The zero-order valence-corrected chi connectivity index (χ0v) is 19.8. The lowest BCUT2D eigenvalue weighted by Gasteiger charge is -2.02. The van der Waals surface area contributed by atoms with E-state index in [1.807, 2.05) is 0 Å². The second-order valence-electron chi connectivity index (χ2n) is 9.11. The van der Waals surface area contributed by atoms with Crippen LogP contribution < -0.4 is 0 Å². The van der Waals surface area contributed by atoms with E-state index in [2.05, 4.69) is 155 Å². The van der Waals surface area contributed by atoms with Gasteiger partial charge in [-0.15, -0.1) is 0 Å². The van der Waals surface area contributed by atoms with Crippen LogP contribution in [0.1, 0.15) is 11.1 Å². The minimum absolute atomic E-state index is 1.17. The zero-order valence-electron chi connectivity index (χ0n) is 19.8. The molecule has 0 spiro atoms. The zero-order chi connectivity index (χ0) is 23.9. The van der Waals surface area contributed by atoms with Gasteiger partial charge in [0.05, 0.1) is 22.1 Å². The Morgan fingerprint density at radius 1 is 0.333 bits per heavy atom. The van der Waals surface area contributed by atoms with Gasteiger partial charge in [-0.3, -0.25) is 0 Å². The van der Waals surface area contributed by atoms with E-state index in [0.717, 1.165) is 0 Å². The highest BCUT2D eigenvalue weighted by Crippen LogP contribution is 2.30. The molecule has 2 aromatic heterocycles. The fraction of sp³-hybridized carbons (Fsp3) is 0. The molecule has 0 radical (unpaired) electrons. The summed E-state index contributed by atoms with van der Waals surface area (Å²) >= 11 is 0. The fourth-order valence-corrected chi connectivity index (χ4v) is 5.27. The molecule has 0 aliphatic heterocycles. The number of benzene rings is 5. The summed E-state index contributed by atoms with van der Waals surface area (Å²) in [4.78, 5) is 0. The first kappa shape index (κ1) is 20.5. The first-order valence-electron chi connectivity index (χ1n) is 12.3. The van der Waals surface area contributed by atoms with Crippen LogP contribution in [-0.2, 0) is 0 Å². The quantitative estimate of drug-likeness (QED) is 0.248. The van der Waals surface area contributed by atoms with Crippen molar-refractivity contribution in [1.82, 2.24) is 9.13 Å². The Bertz CT molecular complexity index is 1680. The van der Waals surface area contributed by atoms with E-state index in [1.165, 1.54) is 54.7 Å². The van der Waals surface area contributed by atoms with Gasteiger partial charge in [-0.25, -0.2) is 0 Å². The molecule has 2 heterocycles. The van der Waals surface area contributed by atoms with Gasteiger partial charge in [-0.05, 0) is 47.5 Å². The lowest BCUT2D eigenvalue weighted by molar-refractivity contribution is 1.30. The molecule has 0 amide bonds. The number of para-hydroxylation sites is 4. The predicted molar refractivity (Wildman–Crippen MR) is 156 cm³/mol. The molecule has 0 atom stereocenters. The molecule has 2 nitrogen and oxygen atoms in total. The molecule has 0 saturated carbocycles. The molecule has 5 aromatic carbocycles. The van der Waals surface area contributed by atoms with Crippen LogP contribution in [0.3, 0.4) is 0 Å². The summed E-state index contributed by atoms with van der Waals surface area (Å²) in [7, 11) is 0. The average Bonchev–Trinajstić information content (AvgIpc) is 3.44. The van der Waals surface area contributed by atoms with Gasteiger partial charge < -0.3 is 9.13 Å². The maximum Gasteiger partial charge on any atom is 0.0534 e. The Hall–Kier alpha value is -4.82. The molecule has 0 saturated heterocycles. The summed E-state index contributed by atoms with van der Waals surface area (Å²) in [6.45, 7) is 0. The van der Waals surface area contributed by atoms with Crippen molar-refractivity contribution in [3.63, 3.8) is 0 Å². The Morgan fingerprint density at radius 2 is 0.611 bits per heavy atom. The van der Waals surface area contributed by atoms with Gasteiger partial charge >= 0.3 is 0 Å². The Balaban J connectivity index is 1.21. The van der Waals surface area contributed by atoms with E-state index < -0.39 is 0 Å². The lowest BCUT2D eigenvalue weighted by Crippen LogP contribution is -1.86. The first-order chi connectivity index (χ1) is 17.9. The Morgan fingerprint density at radius 3 is 0.917 bits per heavy atom. The van der Waals surface area contributed by atoms with E-state index >= 15 is 0 Å². The normalized spacial score (nSPS) is 12.2. The van der Waals surface area contributed by atoms with Crippen molar-refractivity contribution in [1.29, 1.82) is 0 Å². The van der Waals surface area contributed by atoms with Crippen LogP contribution in [0.5, 0.6) is 0 Å². The molecule has 0 unspecified atom stereocenters. The van der Waals surface area contributed by atoms with Crippen LogP contribution >= 0.6 is 0 Å². The maximum absolute atomic E-state index is 2.28. The van der Waals surface area contributed by atoms with Crippen LogP contribution in [0.2, 0.25) is 0 Å². The highest BCUT2D eigenvalue weighted by molar-refractivity contribution is 6.10. The minimum atomic E-state index is 1.17. The molecule has 7 rings (SSSR count). The Labute approximate surface area is 209 Å². The van der Waals surface area contributed by atoms with Crippen LogP contribution in [0.25, 0.3) is 68.2 Å². The molecular formula is C34H24N2. The van der Waals surface area contributed by atoms with Crippen molar-refractivity contribution in [2.45, 2.75) is 0 Å². The highest BCUT2D eigenvalue weighted by atomic mass is 15.0. The number of hydrogen-bond donors (Lipinski definition) is 0. The predicted octanol–water partition coefficient (Wildman–Crippen LogP) is 9.16. The second-order valence-corrected chi connectivity index (χ2v) is 9.11. The molecule has 0 fully saturated rings. The van der Waals surface area contributed by atoms with E-state index in [9.17, 15) is 0 Å². The number of rotatable bonds is 4. The summed E-state index contributed by atoms with van der Waals surface area (Å²) < 4.78 is 4.56. The molecule has 0 bridgehead atoms. The molecule has 0 aliphatic rings. The van der Waals surface area contributed by atoms with Crippen LogP contribution in [0.15, 0.2) is 121 Å². The molecule has 7 aromatic rings. The van der Waals surface area contributed by atoms with Crippen molar-refractivity contribution >= 4 is 68.2 Å². The summed E-state index contributed by atoms with van der Waals surface area (Å²) in [5.74, 6) is 0. The van der Waals surface area contributed by atoms with Gasteiger partial charge in [0.25, 0.3) is 0 Å².